The molecule has 0 aromatic heterocycles. The number of alkyl halides is 3. The van der Waals surface area contributed by atoms with Crippen LogP contribution in [0.3, 0.4) is 0 Å². The van der Waals surface area contributed by atoms with E-state index in [1.165, 1.54) is 36.4 Å². The summed E-state index contributed by atoms with van der Waals surface area (Å²) >= 11 is 0. The van der Waals surface area contributed by atoms with Crippen molar-refractivity contribution in [1.29, 1.82) is 0 Å². The van der Waals surface area contributed by atoms with Gasteiger partial charge in [0.05, 0.1) is 10.5 Å². The third-order valence-corrected chi connectivity index (χ3v) is 5.40. The van der Waals surface area contributed by atoms with Gasteiger partial charge in [-0.05, 0) is 55.3 Å². The number of hydrogen-bond donors (Lipinski definition) is 3. The molecule has 0 spiro atoms. The van der Waals surface area contributed by atoms with Gasteiger partial charge >= 0.3 is 18.2 Å². The molecular formula is C25H24F3N5O4. The van der Waals surface area contributed by atoms with Gasteiger partial charge in [0.2, 0.25) is 0 Å². The zero-order valence-electron chi connectivity index (χ0n) is 19.9. The summed E-state index contributed by atoms with van der Waals surface area (Å²) < 4.78 is 39.8. The van der Waals surface area contributed by atoms with Crippen LogP contribution in [-0.2, 0) is 6.18 Å². The van der Waals surface area contributed by atoms with Crippen LogP contribution in [0.25, 0.3) is 0 Å². The Kier molecular flexibility index (Phi) is 8.33. The van der Waals surface area contributed by atoms with Crippen LogP contribution in [0.5, 0.6) is 0 Å². The molecule has 9 nitrogen and oxygen atoms in total. The molecule has 3 N–H and O–H groups in total. The first kappa shape index (κ1) is 27.0. The summed E-state index contributed by atoms with van der Waals surface area (Å²) in [6, 6.07) is 13.4. The number of amides is 4. The fourth-order valence-electron chi connectivity index (χ4n) is 3.51. The second-order valence-corrected chi connectivity index (χ2v) is 8.08. The summed E-state index contributed by atoms with van der Waals surface area (Å²) in [5, 5.41) is 18.7. The van der Waals surface area contributed by atoms with Gasteiger partial charge in [-0.1, -0.05) is 24.3 Å². The van der Waals surface area contributed by atoms with Crippen LogP contribution in [-0.4, -0.2) is 30.1 Å². The number of non-ortho nitro benzene ring substituents is 1. The molecule has 3 aromatic carbocycles. The van der Waals surface area contributed by atoms with Crippen molar-refractivity contribution in [2.45, 2.75) is 20.0 Å². The number of nitro groups is 1. The van der Waals surface area contributed by atoms with Crippen molar-refractivity contribution in [2.24, 2.45) is 0 Å². The highest BCUT2D eigenvalue weighted by atomic mass is 19.4. The monoisotopic (exact) mass is 515 g/mol. The molecule has 0 saturated carbocycles. The van der Waals surface area contributed by atoms with E-state index in [-0.39, 0.29) is 30.2 Å². The summed E-state index contributed by atoms with van der Waals surface area (Å²) in [5.74, 6) is 0. The molecule has 37 heavy (non-hydrogen) atoms. The number of anilines is 3. The van der Waals surface area contributed by atoms with Gasteiger partial charge in [0, 0.05) is 42.3 Å². The Hall–Kier alpha value is -4.61. The predicted molar refractivity (Wildman–Crippen MR) is 134 cm³/mol. The van der Waals surface area contributed by atoms with E-state index < -0.39 is 28.7 Å². The molecule has 0 aliphatic carbocycles. The third kappa shape index (κ3) is 7.19. The second kappa shape index (κ2) is 11.4. The van der Waals surface area contributed by atoms with E-state index in [2.05, 4.69) is 16.0 Å². The lowest BCUT2D eigenvalue weighted by Crippen LogP contribution is -2.42. The number of para-hydroxylation sites is 1. The smallest absolute Gasteiger partial charge is 0.336 e. The highest BCUT2D eigenvalue weighted by molar-refractivity contribution is 6.02. The van der Waals surface area contributed by atoms with Crippen LogP contribution in [0.1, 0.15) is 16.7 Å². The van der Waals surface area contributed by atoms with E-state index in [9.17, 15) is 32.9 Å². The van der Waals surface area contributed by atoms with Gasteiger partial charge in [0.1, 0.15) is 0 Å². The van der Waals surface area contributed by atoms with Crippen molar-refractivity contribution in [3.63, 3.8) is 0 Å². The van der Waals surface area contributed by atoms with Crippen LogP contribution < -0.4 is 20.9 Å². The predicted octanol–water partition coefficient (Wildman–Crippen LogP) is 6.09. The molecular weight excluding hydrogens is 491 g/mol. The molecule has 0 fully saturated rings. The minimum absolute atomic E-state index is 0.0498. The molecule has 4 amide bonds. The Morgan fingerprint density at radius 2 is 1.57 bits per heavy atom. The molecule has 0 aliphatic rings. The minimum atomic E-state index is -4.62. The average Bonchev–Trinajstić information content (AvgIpc) is 2.84. The molecule has 3 rings (SSSR count). The van der Waals surface area contributed by atoms with Crippen molar-refractivity contribution < 1.29 is 27.7 Å². The summed E-state index contributed by atoms with van der Waals surface area (Å²) in [6.07, 6.45) is -4.62. The van der Waals surface area contributed by atoms with Gasteiger partial charge < -0.3 is 16.0 Å². The maximum absolute atomic E-state index is 13.3. The number of carbonyl (C=O) groups is 2. The van der Waals surface area contributed by atoms with E-state index in [0.717, 1.165) is 28.2 Å². The number of nitrogens with zero attached hydrogens (tertiary/aromatic N) is 2. The molecule has 0 heterocycles. The molecule has 0 atom stereocenters. The Morgan fingerprint density at radius 3 is 2.16 bits per heavy atom. The Morgan fingerprint density at radius 1 is 0.946 bits per heavy atom. The van der Waals surface area contributed by atoms with Crippen LogP contribution in [0.15, 0.2) is 66.7 Å². The number of rotatable bonds is 7. The van der Waals surface area contributed by atoms with Gasteiger partial charge in [0.25, 0.3) is 5.69 Å². The van der Waals surface area contributed by atoms with Crippen molar-refractivity contribution in [2.75, 3.05) is 28.6 Å². The third-order valence-electron chi connectivity index (χ3n) is 5.40. The van der Waals surface area contributed by atoms with Crippen LogP contribution in [0.4, 0.5) is 45.5 Å². The highest BCUT2D eigenvalue weighted by Crippen LogP contribution is 2.32. The lowest BCUT2D eigenvalue weighted by atomic mass is 10.1. The Labute approximate surface area is 210 Å². The number of nitrogens with one attached hydrogen (secondary N) is 3. The summed E-state index contributed by atoms with van der Waals surface area (Å²) in [4.78, 5) is 36.7. The van der Waals surface area contributed by atoms with Gasteiger partial charge in [0.15, 0.2) is 0 Å². The number of aryl methyl sites for hydroxylation is 2. The molecule has 3 aromatic rings. The van der Waals surface area contributed by atoms with Crippen LogP contribution >= 0.6 is 0 Å². The van der Waals surface area contributed by atoms with Crippen LogP contribution in [0, 0.1) is 24.0 Å². The zero-order chi connectivity index (χ0) is 27.2. The number of urea groups is 2. The van der Waals surface area contributed by atoms with Gasteiger partial charge in [-0.25, -0.2) is 9.59 Å². The summed E-state index contributed by atoms with van der Waals surface area (Å²) in [5.41, 5.74) is 1.35. The van der Waals surface area contributed by atoms with E-state index in [0.29, 0.717) is 5.69 Å². The average molecular weight is 515 g/mol. The topological polar surface area (TPSA) is 117 Å². The molecule has 194 valence electrons. The quantitative estimate of drug-likeness (QED) is 0.261. The van der Waals surface area contributed by atoms with Gasteiger partial charge in [-0.3, -0.25) is 15.0 Å². The standard InChI is InChI=1S/C25H24F3N5O4/c1-16-5-3-6-17(2)22(16)31-23(34)29-13-14-32(21-8-4-7-18(15-21)25(26,27)28)24(35)30-19-9-11-20(12-10-19)33(36)37/h3-12,15H,13-14H2,1-2H3,(H,30,35)(H2,29,31,34). The fraction of sp³-hybridized carbons (Fsp3) is 0.200. The zero-order valence-corrected chi connectivity index (χ0v) is 19.9. The minimum Gasteiger partial charge on any atom is -0.336 e. The molecule has 0 saturated heterocycles. The number of nitro benzene ring substituents is 1. The first-order valence-electron chi connectivity index (χ1n) is 11.1. The molecule has 0 radical (unpaired) electrons. The number of halogens is 3. The van der Waals surface area contributed by atoms with Crippen molar-refractivity contribution in [3.8, 4) is 0 Å². The van der Waals surface area contributed by atoms with Crippen LogP contribution in [0.2, 0.25) is 0 Å². The first-order valence-corrected chi connectivity index (χ1v) is 11.1. The Bertz CT molecular complexity index is 1280. The normalized spacial score (nSPS) is 10.9. The van der Waals surface area contributed by atoms with E-state index in [1.54, 1.807) is 0 Å². The Balaban J connectivity index is 1.76. The van der Waals surface area contributed by atoms with Crippen molar-refractivity contribution in [3.05, 3.63) is 93.5 Å². The summed E-state index contributed by atoms with van der Waals surface area (Å²) in [7, 11) is 0. The lowest BCUT2D eigenvalue weighted by Gasteiger charge is -2.24. The van der Waals surface area contributed by atoms with Crippen molar-refractivity contribution in [1.82, 2.24) is 5.32 Å². The van der Waals surface area contributed by atoms with E-state index in [1.807, 2.05) is 32.0 Å². The van der Waals surface area contributed by atoms with E-state index in [4.69, 9.17) is 0 Å². The van der Waals surface area contributed by atoms with Crippen molar-refractivity contribution >= 4 is 34.8 Å². The maximum atomic E-state index is 13.3. The first-order chi connectivity index (χ1) is 17.5. The van der Waals surface area contributed by atoms with Gasteiger partial charge in [-0.15, -0.1) is 0 Å². The summed E-state index contributed by atoms with van der Waals surface area (Å²) in [6.45, 7) is 3.42. The molecule has 0 bridgehead atoms. The molecule has 12 heteroatoms. The molecule has 0 unspecified atom stereocenters. The van der Waals surface area contributed by atoms with E-state index >= 15 is 0 Å². The highest BCUT2D eigenvalue weighted by Gasteiger charge is 2.31. The number of carbonyl (C=O) groups excluding carboxylic acids is 2. The fourth-order valence-corrected chi connectivity index (χ4v) is 3.51. The lowest BCUT2D eigenvalue weighted by molar-refractivity contribution is -0.384. The van der Waals surface area contributed by atoms with Gasteiger partial charge in [-0.2, -0.15) is 13.2 Å². The SMILES string of the molecule is Cc1cccc(C)c1NC(=O)NCCN(C(=O)Nc1ccc([N+](=O)[O-])cc1)c1cccc(C(F)(F)F)c1. The number of benzene rings is 3. The largest absolute Gasteiger partial charge is 0.416 e. The number of hydrogen-bond acceptors (Lipinski definition) is 4. The maximum Gasteiger partial charge on any atom is 0.416 e. The second-order valence-electron chi connectivity index (χ2n) is 8.08. The molecule has 0 aliphatic heterocycles.